The molecule has 0 radical (unpaired) electrons. The lowest BCUT2D eigenvalue weighted by Gasteiger charge is -2.24. The normalized spacial score (nSPS) is 14.2. The molecular formula is C14H14O3. The molecule has 3 heteroatoms. The largest absolute Gasteiger partial charge is 0.481 e. The van der Waals surface area contributed by atoms with Crippen LogP contribution < -0.4 is 0 Å². The van der Waals surface area contributed by atoms with Crippen molar-refractivity contribution in [1.82, 2.24) is 0 Å². The maximum absolute atomic E-state index is 11.5. The standard InChI is InChI=1S/C14H14O3/c1-14(13(15)16,10-12-8-5-9-17-12)11-6-3-2-4-7-11/h2-9H,10H2,1H3,(H,15,16). The number of hydrogen-bond donors (Lipinski definition) is 1. The van der Waals surface area contributed by atoms with Crippen molar-refractivity contribution in [3.05, 3.63) is 60.1 Å². The zero-order chi connectivity index (χ0) is 12.3. The van der Waals surface area contributed by atoms with Crippen molar-refractivity contribution in [3.8, 4) is 0 Å². The van der Waals surface area contributed by atoms with Gasteiger partial charge in [-0.3, -0.25) is 4.79 Å². The minimum atomic E-state index is -0.959. The molecule has 1 aromatic heterocycles. The Morgan fingerprint density at radius 1 is 1.24 bits per heavy atom. The van der Waals surface area contributed by atoms with Crippen molar-refractivity contribution in [3.63, 3.8) is 0 Å². The Bertz CT molecular complexity index is 487. The van der Waals surface area contributed by atoms with Crippen LogP contribution in [0.4, 0.5) is 0 Å². The average Bonchev–Trinajstić information content (AvgIpc) is 2.82. The molecule has 17 heavy (non-hydrogen) atoms. The molecule has 0 saturated carbocycles. The molecule has 0 spiro atoms. The fourth-order valence-electron chi connectivity index (χ4n) is 1.87. The van der Waals surface area contributed by atoms with Gasteiger partial charge in [-0.1, -0.05) is 30.3 Å². The van der Waals surface area contributed by atoms with Gasteiger partial charge in [-0.05, 0) is 24.6 Å². The maximum Gasteiger partial charge on any atom is 0.314 e. The molecule has 1 heterocycles. The van der Waals surface area contributed by atoms with E-state index in [1.54, 1.807) is 25.3 Å². The topological polar surface area (TPSA) is 50.4 Å². The van der Waals surface area contributed by atoms with Crippen molar-refractivity contribution in [2.24, 2.45) is 0 Å². The summed E-state index contributed by atoms with van der Waals surface area (Å²) in [7, 11) is 0. The number of furan rings is 1. The van der Waals surface area contributed by atoms with Crippen LogP contribution in [0.25, 0.3) is 0 Å². The van der Waals surface area contributed by atoms with Gasteiger partial charge in [0.15, 0.2) is 0 Å². The van der Waals surface area contributed by atoms with E-state index in [0.717, 1.165) is 5.56 Å². The Balaban J connectivity index is 2.37. The van der Waals surface area contributed by atoms with Gasteiger partial charge in [0.2, 0.25) is 0 Å². The van der Waals surface area contributed by atoms with Crippen LogP contribution in [0, 0.1) is 0 Å². The summed E-state index contributed by atoms with van der Waals surface area (Å²) in [6.07, 6.45) is 1.90. The highest BCUT2D eigenvalue weighted by Gasteiger charge is 2.36. The third kappa shape index (κ3) is 2.23. The summed E-state index contributed by atoms with van der Waals surface area (Å²) in [5, 5.41) is 9.44. The molecule has 2 rings (SSSR count). The number of rotatable bonds is 4. The molecule has 1 aromatic carbocycles. The monoisotopic (exact) mass is 230 g/mol. The quantitative estimate of drug-likeness (QED) is 0.878. The van der Waals surface area contributed by atoms with Crippen LogP contribution in [-0.4, -0.2) is 11.1 Å². The van der Waals surface area contributed by atoms with Crippen molar-refractivity contribution in [2.75, 3.05) is 0 Å². The van der Waals surface area contributed by atoms with E-state index in [2.05, 4.69) is 0 Å². The molecule has 3 nitrogen and oxygen atoms in total. The van der Waals surface area contributed by atoms with Crippen LogP contribution >= 0.6 is 0 Å². The molecule has 0 bridgehead atoms. The summed E-state index contributed by atoms with van der Waals surface area (Å²) in [6.45, 7) is 1.72. The molecular weight excluding hydrogens is 216 g/mol. The first-order chi connectivity index (χ1) is 8.13. The highest BCUT2D eigenvalue weighted by atomic mass is 16.4. The Morgan fingerprint density at radius 2 is 1.94 bits per heavy atom. The van der Waals surface area contributed by atoms with Gasteiger partial charge in [-0.15, -0.1) is 0 Å². The maximum atomic E-state index is 11.5. The van der Waals surface area contributed by atoms with E-state index < -0.39 is 11.4 Å². The summed E-state index contributed by atoms with van der Waals surface area (Å²) in [5.74, 6) is -0.168. The van der Waals surface area contributed by atoms with E-state index in [1.165, 1.54) is 0 Å². The predicted molar refractivity (Wildman–Crippen MR) is 63.8 cm³/mol. The van der Waals surface area contributed by atoms with Crippen molar-refractivity contribution < 1.29 is 14.3 Å². The fraction of sp³-hybridized carbons (Fsp3) is 0.214. The summed E-state index contributed by atoms with van der Waals surface area (Å²) in [4.78, 5) is 11.5. The van der Waals surface area contributed by atoms with E-state index in [0.29, 0.717) is 12.2 Å². The lowest BCUT2D eigenvalue weighted by atomic mass is 9.79. The second-order valence-electron chi connectivity index (χ2n) is 4.26. The molecule has 0 aliphatic heterocycles. The molecule has 1 unspecified atom stereocenters. The van der Waals surface area contributed by atoms with Crippen molar-refractivity contribution >= 4 is 5.97 Å². The predicted octanol–water partition coefficient (Wildman–Crippen LogP) is 2.86. The van der Waals surface area contributed by atoms with Crippen LogP contribution in [0.3, 0.4) is 0 Å². The zero-order valence-corrected chi connectivity index (χ0v) is 9.59. The van der Waals surface area contributed by atoms with E-state index in [9.17, 15) is 9.90 Å². The fourth-order valence-corrected chi connectivity index (χ4v) is 1.87. The number of benzene rings is 1. The molecule has 0 aliphatic rings. The summed E-state index contributed by atoms with van der Waals surface area (Å²) < 4.78 is 5.24. The number of hydrogen-bond acceptors (Lipinski definition) is 2. The van der Waals surface area contributed by atoms with Crippen LogP contribution in [0.5, 0.6) is 0 Å². The molecule has 88 valence electrons. The first-order valence-electron chi connectivity index (χ1n) is 5.44. The first-order valence-corrected chi connectivity index (χ1v) is 5.44. The van der Waals surface area contributed by atoms with E-state index in [4.69, 9.17) is 4.42 Å². The number of aliphatic carboxylic acids is 1. The van der Waals surface area contributed by atoms with Crippen LogP contribution in [0.1, 0.15) is 18.2 Å². The third-order valence-corrected chi connectivity index (χ3v) is 2.99. The number of carboxylic acid groups (broad SMARTS) is 1. The van der Waals surface area contributed by atoms with Gasteiger partial charge in [0.1, 0.15) is 5.76 Å². The summed E-state index contributed by atoms with van der Waals surface area (Å²) in [6, 6.07) is 12.8. The number of carboxylic acids is 1. The average molecular weight is 230 g/mol. The van der Waals surface area contributed by atoms with Crippen molar-refractivity contribution in [1.29, 1.82) is 0 Å². The van der Waals surface area contributed by atoms with Gasteiger partial charge in [-0.25, -0.2) is 0 Å². The minimum absolute atomic E-state index is 0.347. The SMILES string of the molecule is CC(Cc1ccco1)(C(=O)O)c1ccccc1. The van der Waals surface area contributed by atoms with E-state index >= 15 is 0 Å². The van der Waals surface area contributed by atoms with Crippen LogP contribution in [-0.2, 0) is 16.6 Å². The van der Waals surface area contributed by atoms with E-state index in [1.807, 2.05) is 30.3 Å². The lowest BCUT2D eigenvalue weighted by Crippen LogP contribution is -2.34. The highest BCUT2D eigenvalue weighted by molar-refractivity contribution is 5.81. The zero-order valence-electron chi connectivity index (χ0n) is 9.59. The molecule has 2 aromatic rings. The molecule has 0 amide bonds. The Kier molecular flexibility index (Phi) is 3.00. The summed E-state index contributed by atoms with van der Waals surface area (Å²) >= 11 is 0. The Morgan fingerprint density at radius 3 is 2.47 bits per heavy atom. The van der Waals surface area contributed by atoms with Gasteiger partial charge in [-0.2, -0.15) is 0 Å². The third-order valence-electron chi connectivity index (χ3n) is 2.99. The Labute approximate surface area is 99.7 Å². The van der Waals surface area contributed by atoms with Gasteiger partial charge in [0.25, 0.3) is 0 Å². The molecule has 0 aliphatic carbocycles. The van der Waals surface area contributed by atoms with Crippen LogP contribution in [0.15, 0.2) is 53.1 Å². The van der Waals surface area contributed by atoms with Crippen LogP contribution in [0.2, 0.25) is 0 Å². The summed E-state index contributed by atoms with van der Waals surface area (Å²) in [5.41, 5.74) is -0.178. The Hall–Kier alpha value is -2.03. The van der Waals surface area contributed by atoms with Crippen molar-refractivity contribution in [2.45, 2.75) is 18.8 Å². The smallest absolute Gasteiger partial charge is 0.314 e. The van der Waals surface area contributed by atoms with Gasteiger partial charge in [0.05, 0.1) is 11.7 Å². The number of carbonyl (C=O) groups is 1. The minimum Gasteiger partial charge on any atom is -0.481 e. The van der Waals surface area contributed by atoms with Gasteiger partial charge < -0.3 is 9.52 Å². The van der Waals surface area contributed by atoms with Gasteiger partial charge in [0, 0.05) is 6.42 Å². The first kappa shape index (κ1) is 11.5. The molecule has 0 saturated heterocycles. The second-order valence-corrected chi connectivity index (χ2v) is 4.26. The second kappa shape index (κ2) is 4.45. The van der Waals surface area contributed by atoms with Gasteiger partial charge >= 0.3 is 5.97 Å². The lowest BCUT2D eigenvalue weighted by molar-refractivity contribution is -0.143. The molecule has 0 fully saturated rings. The van der Waals surface area contributed by atoms with E-state index in [-0.39, 0.29) is 0 Å². The molecule has 1 N–H and O–H groups in total. The highest BCUT2D eigenvalue weighted by Crippen LogP contribution is 2.28. The molecule has 1 atom stereocenters.